The van der Waals surface area contributed by atoms with Gasteiger partial charge in [-0.2, -0.15) is 17.5 Å². The molecule has 3 heterocycles. The first-order chi connectivity index (χ1) is 17.0. The number of benzene rings is 1. The Labute approximate surface area is 202 Å². The standard InChI is InChI=1S/C22H18F4N6O3S/c23-14-1-3-16(4-2-14)36(34,35)32-18-5-12(18)6-19(32)20(33)27-10-15-7-17(31-11-30-15)13-8-28-21(29-9-13)22(24,25)26/h1-4,7-9,11-12,18-19H,5-6,10H2,(H,27,33)/t12-,18-,19-/m0/s1. The molecule has 0 unspecified atom stereocenters. The predicted molar refractivity (Wildman–Crippen MR) is 116 cm³/mol. The number of piperidine rings is 1. The number of alkyl halides is 3. The molecule has 1 saturated heterocycles. The molecule has 1 aliphatic carbocycles. The Bertz CT molecular complexity index is 1400. The van der Waals surface area contributed by atoms with Gasteiger partial charge in [0.2, 0.25) is 21.8 Å². The number of halogens is 4. The van der Waals surface area contributed by atoms with E-state index in [4.69, 9.17) is 0 Å². The molecule has 14 heteroatoms. The summed E-state index contributed by atoms with van der Waals surface area (Å²) in [6.45, 7) is -0.0634. The van der Waals surface area contributed by atoms with Crippen molar-refractivity contribution in [3.05, 3.63) is 66.4 Å². The second-order valence-electron chi connectivity index (χ2n) is 8.51. The van der Waals surface area contributed by atoms with Gasteiger partial charge in [0.1, 0.15) is 18.2 Å². The number of nitrogens with zero attached hydrogens (tertiary/aromatic N) is 5. The van der Waals surface area contributed by atoms with E-state index < -0.39 is 39.8 Å². The van der Waals surface area contributed by atoms with Crippen LogP contribution in [0.1, 0.15) is 24.4 Å². The number of hydrogen-bond acceptors (Lipinski definition) is 7. The van der Waals surface area contributed by atoms with Crippen molar-refractivity contribution in [1.29, 1.82) is 0 Å². The molecule has 5 rings (SSSR count). The molecule has 9 nitrogen and oxygen atoms in total. The number of amides is 1. The minimum atomic E-state index is -4.67. The van der Waals surface area contributed by atoms with Crippen LogP contribution >= 0.6 is 0 Å². The van der Waals surface area contributed by atoms with Gasteiger partial charge in [0, 0.05) is 24.0 Å². The molecule has 3 aromatic rings. The Morgan fingerprint density at radius 1 is 1.06 bits per heavy atom. The minimum absolute atomic E-state index is 0.0634. The van der Waals surface area contributed by atoms with Gasteiger partial charge in [-0.25, -0.2) is 32.7 Å². The first kappa shape index (κ1) is 24.2. The van der Waals surface area contributed by atoms with Gasteiger partial charge in [-0.05, 0) is 49.1 Å². The van der Waals surface area contributed by atoms with Crippen LogP contribution in [-0.4, -0.2) is 50.6 Å². The number of hydrogen-bond donors (Lipinski definition) is 1. The average molecular weight is 522 g/mol. The van der Waals surface area contributed by atoms with Gasteiger partial charge < -0.3 is 5.32 Å². The van der Waals surface area contributed by atoms with E-state index in [1.807, 2.05) is 0 Å². The first-order valence-electron chi connectivity index (χ1n) is 10.8. The fraction of sp³-hybridized carbons (Fsp3) is 0.318. The molecule has 1 N–H and O–H groups in total. The smallest absolute Gasteiger partial charge is 0.349 e. The number of aromatic nitrogens is 4. The predicted octanol–water partition coefficient (Wildman–Crippen LogP) is 2.56. The van der Waals surface area contributed by atoms with E-state index in [9.17, 15) is 30.8 Å². The van der Waals surface area contributed by atoms with Crippen LogP contribution in [0.25, 0.3) is 11.3 Å². The van der Waals surface area contributed by atoms with Crippen LogP contribution in [-0.2, 0) is 27.5 Å². The minimum Gasteiger partial charge on any atom is -0.349 e. The van der Waals surface area contributed by atoms with Crippen LogP contribution in [0.2, 0.25) is 0 Å². The van der Waals surface area contributed by atoms with Gasteiger partial charge in [0.25, 0.3) is 0 Å². The molecule has 0 bridgehead atoms. The lowest BCUT2D eigenvalue weighted by atomic mass is 10.1. The number of fused-ring (bicyclic) bond motifs is 1. The van der Waals surface area contributed by atoms with Crippen LogP contribution < -0.4 is 5.32 Å². The summed E-state index contributed by atoms with van der Waals surface area (Å²) in [6, 6.07) is 4.71. The maximum atomic E-state index is 13.3. The second kappa shape index (κ2) is 8.85. The highest BCUT2D eigenvalue weighted by Gasteiger charge is 2.58. The molecule has 36 heavy (non-hydrogen) atoms. The fourth-order valence-electron chi connectivity index (χ4n) is 4.27. The molecule has 1 aromatic carbocycles. The Hall–Kier alpha value is -3.52. The summed E-state index contributed by atoms with van der Waals surface area (Å²) >= 11 is 0. The molecule has 2 fully saturated rings. The molecular weight excluding hydrogens is 504 g/mol. The van der Waals surface area contributed by atoms with Crippen molar-refractivity contribution in [2.24, 2.45) is 5.92 Å². The maximum absolute atomic E-state index is 13.3. The summed E-state index contributed by atoms with van der Waals surface area (Å²) < 4.78 is 78.9. The zero-order chi connectivity index (χ0) is 25.7. The van der Waals surface area contributed by atoms with E-state index in [2.05, 4.69) is 25.3 Å². The largest absolute Gasteiger partial charge is 0.451 e. The van der Waals surface area contributed by atoms with Gasteiger partial charge in [0.15, 0.2) is 0 Å². The molecule has 0 radical (unpaired) electrons. The molecule has 2 aliphatic rings. The van der Waals surface area contributed by atoms with Gasteiger partial charge in [0.05, 0.1) is 22.8 Å². The summed E-state index contributed by atoms with van der Waals surface area (Å²) in [5, 5.41) is 2.68. The van der Waals surface area contributed by atoms with Crippen molar-refractivity contribution in [2.75, 3.05) is 0 Å². The zero-order valence-corrected chi connectivity index (χ0v) is 19.2. The Morgan fingerprint density at radius 2 is 1.75 bits per heavy atom. The summed E-state index contributed by atoms with van der Waals surface area (Å²) in [6.07, 6.45) is -0.473. The third-order valence-corrected chi connectivity index (χ3v) is 8.05. The Morgan fingerprint density at radius 3 is 2.42 bits per heavy atom. The van der Waals surface area contributed by atoms with E-state index >= 15 is 0 Å². The third-order valence-electron chi connectivity index (χ3n) is 6.11. The van der Waals surface area contributed by atoms with Crippen molar-refractivity contribution >= 4 is 15.9 Å². The number of carbonyl (C=O) groups is 1. The molecule has 3 atom stereocenters. The summed E-state index contributed by atoms with van der Waals surface area (Å²) in [7, 11) is -4.01. The van der Waals surface area contributed by atoms with Crippen LogP contribution in [0, 0.1) is 11.7 Å². The summed E-state index contributed by atoms with van der Waals surface area (Å²) in [5.74, 6) is -2.27. The highest BCUT2D eigenvalue weighted by molar-refractivity contribution is 7.89. The molecule has 2 aromatic heterocycles. The first-order valence-corrected chi connectivity index (χ1v) is 12.3. The van der Waals surface area contributed by atoms with Gasteiger partial charge >= 0.3 is 6.18 Å². The van der Waals surface area contributed by atoms with Crippen molar-refractivity contribution in [2.45, 2.75) is 42.5 Å². The number of carbonyl (C=O) groups excluding carboxylic acids is 1. The van der Waals surface area contributed by atoms with Gasteiger partial charge in [-0.15, -0.1) is 0 Å². The van der Waals surface area contributed by atoms with E-state index in [1.54, 1.807) is 0 Å². The molecule has 1 saturated carbocycles. The highest BCUT2D eigenvalue weighted by atomic mass is 32.2. The van der Waals surface area contributed by atoms with Gasteiger partial charge in [-0.3, -0.25) is 4.79 Å². The second-order valence-corrected chi connectivity index (χ2v) is 10.4. The zero-order valence-electron chi connectivity index (χ0n) is 18.4. The quantitative estimate of drug-likeness (QED) is 0.495. The van der Waals surface area contributed by atoms with Crippen LogP contribution in [0.3, 0.4) is 0 Å². The van der Waals surface area contributed by atoms with E-state index in [-0.39, 0.29) is 34.7 Å². The summed E-state index contributed by atoms with van der Waals surface area (Å²) in [4.78, 5) is 27.5. The topological polar surface area (TPSA) is 118 Å². The fourth-order valence-corrected chi connectivity index (χ4v) is 6.12. The maximum Gasteiger partial charge on any atom is 0.451 e. The highest BCUT2D eigenvalue weighted by Crippen LogP contribution is 2.50. The van der Waals surface area contributed by atoms with E-state index in [0.29, 0.717) is 18.5 Å². The van der Waals surface area contributed by atoms with Crippen LogP contribution in [0.15, 0.2) is 53.9 Å². The molecule has 1 aliphatic heterocycles. The SMILES string of the molecule is O=C(NCc1cc(-c2cnc(C(F)(F)F)nc2)ncn1)[C@@H]1C[C@@H]2C[C@@H]2N1S(=O)(=O)c1ccc(F)cc1. The monoisotopic (exact) mass is 522 g/mol. The van der Waals surface area contributed by atoms with Crippen molar-refractivity contribution in [3.63, 3.8) is 0 Å². The lowest BCUT2D eigenvalue weighted by molar-refractivity contribution is -0.145. The normalized spacial score (nSPS) is 21.7. The number of nitrogens with one attached hydrogen (secondary N) is 1. The van der Waals surface area contributed by atoms with Crippen molar-refractivity contribution in [3.8, 4) is 11.3 Å². The lowest BCUT2D eigenvalue weighted by Crippen LogP contribution is -2.47. The third kappa shape index (κ3) is 4.65. The van der Waals surface area contributed by atoms with Crippen LogP contribution in [0.5, 0.6) is 0 Å². The Kier molecular flexibility index (Phi) is 5.95. The average Bonchev–Trinajstić information content (AvgIpc) is 3.50. The number of sulfonamides is 1. The lowest BCUT2D eigenvalue weighted by Gasteiger charge is -2.26. The van der Waals surface area contributed by atoms with E-state index in [0.717, 1.165) is 24.5 Å². The molecular formula is C22H18F4N6O3S. The van der Waals surface area contributed by atoms with Gasteiger partial charge in [-0.1, -0.05) is 0 Å². The number of rotatable bonds is 6. The van der Waals surface area contributed by atoms with E-state index in [1.165, 1.54) is 28.8 Å². The van der Waals surface area contributed by atoms with Crippen LogP contribution in [0.4, 0.5) is 17.6 Å². The summed E-state index contributed by atoms with van der Waals surface area (Å²) in [5.41, 5.74) is 0.834. The molecule has 0 spiro atoms. The Balaban J connectivity index is 1.28. The van der Waals surface area contributed by atoms with Crippen molar-refractivity contribution < 1.29 is 30.8 Å². The molecule has 1 amide bonds. The molecule has 188 valence electrons. The van der Waals surface area contributed by atoms with Crippen molar-refractivity contribution in [1.82, 2.24) is 29.6 Å².